The summed E-state index contributed by atoms with van der Waals surface area (Å²) in [5, 5.41) is 10.7. The third-order valence-corrected chi connectivity index (χ3v) is 3.55. The van der Waals surface area contributed by atoms with Crippen LogP contribution in [0.1, 0.15) is 16.9 Å². The van der Waals surface area contributed by atoms with E-state index in [9.17, 15) is 0 Å². The van der Waals surface area contributed by atoms with E-state index in [1.807, 2.05) is 11.4 Å². The summed E-state index contributed by atoms with van der Waals surface area (Å²) < 4.78 is 11.0. The van der Waals surface area contributed by atoms with E-state index in [0.717, 1.165) is 36.7 Å². The largest absolute Gasteiger partial charge is 0.384 e. The van der Waals surface area contributed by atoms with E-state index in [0.29, 0.717) is 12.5 Å². The van der Waals surface area contributed by atoms with Gasteiger partial charge in [0.05, 0.1) is 19.8 Å². The number of thiophene rings is 1. The SMILES string of the molecule is OCC#Cc1ccsc1COCC1CCOC1. The number of hydrogen-bond donors (Lipinski definition) is 1. The summed E-state index contributed by atoms with van der Waals surface area (Å²) in [4.78, 5) is 1.13. The predicted molar refractivity (Wildman–Crippen MR) is 66.9 cm³/mol. The number of aliphatic hydroxyl groups is 1. The third kappa shape index (κ3) is 3.83. The van der Waals surface area contributed by atoms with Gasteiger partial charge in [-0.25, -0.2) is 0 Å². The minimum atomic E-state index is -0.102. The zero-order valence-corrected chi connectivity index (χ0v) is 10.5. The summed E-state index contributed by atoms with van der Waals surface area (Å²) >= 11 is 1.64. The van der Waals surface area contributed by atoms with Crippen LogP contribution in [0.2, 0.25) is 0 Å². The van der Waals surface area contributed by atoms with Gasteiger partial charge >= 0.3 is 0 Å². The molecule has 4 heteroatoms. The highest BCUT2D eigenvalue weighted by atomic mass is 32.1. The van der Waals surface area contributed by atoms with Crippen molar-refractivity contribution in [3.8, 4) is 11.8 Å². The Labute approximate surface area is 105 Å². The second-order valence-corrected chi connectivity index (χ2v) is 4.96. The van der Waals surface area contributed by atoms with Crippen LogP contribution in [0.25, 0.3) is 0 Å². The van der Waals surface area contributed by atoms with Crippen LogP contribution in [0.4, 0.5) is 0 Å². The van der Waals surface area contributed by atoms with E-state index in [-0.39, 0.29) is 6.61 Å². The first-order chi connectivity index (χ1) is 8.40. The predicted octanol–water partition coefficient (Wildman–Crippen LogP) is 1.65. The Morgan fingerprint density at radius 2 is 2.53 bits per heavy atom. The van der Waals surface area contributed by atoms with Gasteiger partial charge in [0.2, 0.25) is 0 Å². The topological polar surface area (TPSA) is 38.7 Å². The van der Waals surface area contributed by atoms with Gasteiger partial charge in [-0.05, 0) is 17.9 Å². The second kappa shape index (κ2) is 6.77. The lowest BCUT2D eigenvalue weighted by atomic mass is 10.1. The van der Waals surface area contributed by atoms with Crippen LogP contribution in [0.5, 0.6) is 0 Å². The summed E-state index contributed by atoms with van der Waals surface area (Å²) in [5.74, 6) is 6.13. The molecule has 0 spiro atoms. The highest BCUT2D eigenvalue weighted by molar-refractivity contribution is 7.10. The van der Waals surface area contributed by atoms with Crippen LogP contribution < -0.4 is 0 Å². The van der Waals surface area contributed by atoms with Gasteiger partial charge in [0.15, 0.2) is 0 Å². The highest BCUT2D eigenvalue weighted by Crippen LogP contribution is 2.18. The molecule has 92 valence electrons. The molecule has 0 bridgehead atoms. The van der Waals surface area contributed by atoms with Crippen LogP contribution in [0.3, 0.4) is 0 Å². The van der Waals surface area contributed by atoms with Gasteiger partial charge in [-0.3, -0.25) is 0 Å². The van der Waals surface area contributed by atoms with Crippen molar-refractivity contribution in [2.45, 2.75) is 13.0 Å². The number of aliphatic hydroxyl groups excluding tert-OH is 1. The Morgan fingerprint density at radius 1 is 1.59 bits per heavy atom. The number of ether oxygens (including phenoxy) is 2. The normalized spacial score (nSPS) is 19.0. The first-order valence-electron chi connectivity index (χ1n) is 5.71. The van der Waals surface area contributed by atoms with Crippen LogP contribution in [0.15, 0.2) is 11.4 Å². The highest BCUT2D eigenvalue weighted by Gasteiger charge is 2.15. The molecule has 1 aromatic rings. The zero-order chi connectivity index (χ0) is 11.9. The molecule has 1 aliphatic heterocycles. The van der Waals surface area contributed by atoms with E-state index in [1.165, 1.54) is 0 Å². The summed E-state index contributed by atoms with van der Waals surface area (Å²) in [6, 6.07) is 1.96. The molecule has 1 saturated heterocycles. The number of rotatable bonds is 4. The molecule has 1 N–H and O–H groups in total. The molecule has 1 fully saturated rings. The van der Waals surface area contributed by atoms with Gasteiger partial charge in [0, 0.05) is 23.0 Å². The molecule has 0 amide bonds. The lowest BCUT2D eigenvalue weighted by molar-refractivity contribution is 0.0805. The van der Waals surface area contributed by atoms with Crippen molar-refractivity contribution < 1.29 is 14.6 Å². The maximum Gasteiger partial charge on any atom is 0.104 e. The average molecular weight is 252 g/mol. The molecule has 0 saturated carbocycles. The molecule has 2 rings (SSSR count). The second-order valence-electron chi connectivity index (χ2n) is 3.96. The van der Waals surface area contributed by atoms with Crippen molar-refractivity contribution in [2.24, 2.45) is 5.92 Å². The minimum Gasteiger partial charge on any atom is -0.384 e. The minimum absolute atomic E-state index is 0.102. The van der Waals surface area contributed by atoms with E-state index in [2.05, 4.69) is 11.8 Å². The molecular formula is C13H16O3S. The fourth-order valence-corrected chi connectivity index (χ4v) is 2.50. The first-order valence-corrected chi connectivity index (χ1v) is 6.59. The van der Waals surface area contributed by atoms with Crippen molar-refractivity contribution in [1.82, 2.24) is 0 Å². The van der Waals surface area contributed by atoms with Crippen molar-refractivity contribution in [3.05, 3.63) is 21.9 Å². The summed E-state index contributed by atoms with van der Waals surface area (Å²) in [5.41, 5.74) is 0.965. The molecule has 17 heavy (non-hydrogen) atoms. The smallest absolute Gasteiger partial charge is 0.104 e. The lowest BCUT2D eigenvalue weighted by Gasteiger charge is -2.07. The third-order valence-electron chi connectivity index (χ3n) is 2.66. The van der Waals surface area contributed by atoms with E-state index < -0.39 is 0 Å². The van der Waals surface area contributed by atoms with Crippen molar-refractivity contribution in [1.29, 1.82) is 0 Å². The molecule has 1 aromatic heterocycles. The Morgan fingerprint density at radius 3 is 3.29 bits per heavy atom. The summed E-state index contributed by atoms with van der Waals surface area (Å²) in [6.07, 6.45) is 1.10. The maximum atomic E-state index is 8.66. The molecule has 1 atom stereocenters. The Bertz CT molecular complexity index is 396. The fourth-order valence-electron chi connectivity index (χ4n) is 1.73. The van der Waals surface area contributed by atoms with Crippen molar-refractivity contribution >= 4 is 11.3 Å². The van der Waals surface area contributed by atoms with Crippen LogP contribution in [-0.4, -0.2) is 31.5 Å². The zero-order valence-electron chi connectivity index (χ0n) is 9.65. The number of hydrogen-bond acceptors (Lipinski definition) is 4. The van der Waals surface area contributed by atoms with Gasteiger partial charge in [-0.1, -0.05) is 11.8 Å². The van der Waals surface area contributed by atoms with E-state index in [1.54, 1.807) is 11.3 Å². The molecular weight excluding hydrogens is 236 g/mol. The maximum absolute atomic E-state index is 8.66. The van der Waals surface area contributed by atoms with Crippen LogP contribution in [-0.2, 0) is 16.1 Å². The van der Waals surface area contributed by atoms with Gasteiger partial charge < -0.3 is 14.6 Å². The molecule has 1 aliphatic rings. The Hall–Kier alpha value is -0.860. The molecule has 0 aliphatic carbocycles. The van der Waals surface area contributed by atoms with Crippen molar-refractivity contribution in [2.75, 3.05) is 26.4 Å². The van der Waals surface area contributed by atoms with Crippen LogP contribution in [0, 0.1) is 17.8 Å². The first kappa shape index (κ1) is 12.6. The van der Waals surface area contributed by atoms with Crippen molar-refractivity contribution in [3.63, 3.8) is 0 Å². The summed E-state index contributed by atoms with van der Waals surface area (Å²) in [6.45, 7) is 2.94. The van der Waals surface area contributed by atoms with Gasteiger partial charge in [-0.2, -0.15) is 0 Å². The summed E-state index contributed by atoms with van der Waals surface area (Å²) in [7, 11) is 0. The van der Waals surface area contributed by atoms with Gasteiger partial charge in [0.25, 0.3) is 0 Å². The molecule has 1 unspecified atom stereocenters. The fraction of sp³-hybridized carbons (Fsp3) is 0.538. The lowest BCUT2D eigenvalue weighted by Crippen LogP contribution is -2.09. The monoisotopic (exact) mass is 252 g/mol. The van der Waals surface area contributed by atoms with Gasteiger partial charge in [0.1, 0.15) is 6.61 Å². The molecule has 3 nitrogen and oxygen atoms in total. The van der Waals surface area contributed by atoms with E-state index >= 15 is 0 Å². The van der Waals surface area contributed by atoms with Gasteiger partial charge in [-0.15, -0.1) is 11.3 Å². The Kier molecular flexibility index (Phi) is 5.02. The molecule has 0 radical (unpaired) electrons. The molecule has 2 heterocycles. The standard InChI is InChI=1S/C13H16O3S/c14-5-1-2-12-4-7-17-13(12)10-16-9-11-3-6-15-8-11/h4,7,11,14H,3,5-6,8-10H2. The Balaban J connectivity index is 1.79. The van der Waals surface area contributed by atoms with Crippen LogP contribution >= 0.6 is 11.3 Å². The van der Waals surface area contributed by atoms with E-state index in [4.69, 9.17) is 14.6 Å². The molecule has 0 aromatic carbocycles. The average Bonchev–Trinajstić information content (AvgIpc) is 2.98. The quantitative estimate of drug-likeness (QED) is 0.828.